The van der Waals surface area contributed by atoms with Gasteiger partial charge in [0.25, 0.3) is 0 Å². The number of carbonyl (C=O) groups is 2. The first kappa shape index (κ1) is 15.0. The van der Waals surface area contributed by atoms with Gasteiger partial charge in [0.2, 0.25) is 5.91 Å². The molecule has 1 aromatic heterocycles. The van der Waals surface area contributed by atoms with E-state index in [-0.39, 0.29) is 18.1 Å². The number of anilines is 1. The van der Waals surface area contributed by atoms with Crippen molar-refractivity contribution in [3.63, 3.8) is 0 Å². The molecule has 0 radical (unpaired) electrons. The van der Waals surface area contributed by atoms with Crippen LogP contribution in [0.1, 0.15) is 6.92 Å². The summed E-state index contributed by atoms with van der Waals surface area (Å²) in [6.45, 7) is 2.22. The minimum absolute atomic E-state index is 0.129. The van der Waals surface area contributed by atoms with E-state index in [4.69, 9.17) is 4.74 Å². The number of ether oxygens (including phenoxy) is 1. The molecule has 1 aliphatic heterocycles. The second kappa shape index (κ2) is 5.79. The van der Waals surface area contributed by atoms with Gasteiger partial charge in [-0.2, -0.15) is 0 Å². The second-order valence-corrected chi connectivity index (χ2v) is 6.92. The smallest absolute Gasteiger partial charge is 0.414 e. The third-order valence-electron chi connectivity index (χ3n) is 4.12. The van der Waals surface area contributed by atoms with Crippen molar-refractivity contribution in [1.29, 1.82) is 0 Å². The van der Waals surface area contributed by atoms with Crippen LogP contribution in [0.15, 0.2) is 42.5 Å². The van der Waals surface area contributed by atoms with E-state index in [0.29, 0.717) is 13.1 Å². The molecule has 2 aromatic carbocycles. The summed E-state index contributed by atoms with van der Waals surface area (Å²) in [5.41, 5.74) is 0.821. The number of rotatable bonds is 3. The highest BCUT2D eigenvalue weighted by atomic mass is 32.1. The summed E-state index contributed by atoms with van der Waals surface area (Å²) in [7, 11) is 0. The van der Waals surface area contributed by atoms with Crippen molar-refractivity contribution in [2.45, 2.75) is 13.0 Å². The summed E-state index contributed by atoms with van der Waals surface area (Å²) < 4.78 is 7.76. The number of cyclic esters (lactones) is 1. The van der Waals surface area contributed by atoms with Crippen LogP contribution < -0.4 is 10.2 Å². The fourth-order valence-electron chi connectivity index (χ4n) is 2.98. The maximum absolute atomic E-state index is 12.2. The average molecular weight is 340 g/mol. The van der Waals surface area contributed by atoms with Crippen LogP contribution in [0.25, 0.3) is 20.2 Å². The lowest BCUT2D eigenvalue weighted by molar-refractivity contribution is -0.119. The maximum atomic E-state index is 12.2. The highest BCUT2D eigenvalue weighted by Gasteiger charge is 2.32. The van der Waals surface area contributed by atoms with Crippen LogP contribution >= 0.6 is 11.3 Å². The summed E-state index contributed by atoms with van der Waals surface area (Å²) in [4.78, 5) is 24.8. The third-order valence-corrected chi connectivity index (χ3v) is 5.28. The van der Waals surface area contributed by atoms with Gasteiger partial charge in [0.05, 0.1) is 13.1 Å². The number of nitrogens with zero attached hydrogens (tertiary/aromatic N) is 1. The molecule has 0 unspecified atom stereocenters. The van der Waals surface area contributed by atoms with E-state index < -0.39 is 0 Å². The number of benzene rings is 2. The number of hydrogen-bond acceptors (Lipinski definition) is 4. The van der Waals surface area contributed by atoms with Gasteiger partial charge in [-0.05, 0) is 24.3 Å². The number of nitrogens with one attached hydrogen (secondary N) is 1. The highest BCUT2D eigenvalue weighted by Crippen LogP contribution is 2.36. The largest absolute Gasteiger partial charge is 0.442 e. The minimum Gasteiger partial charge on any atom is -0.442 e. The first-order valence-corrected chi connectivity index (χ1v) is 8.57. The van der Waals surface area contributed by atoms with Crippen LogP contribution in [0, 0.1) is 0 Å². The number of amides is 2. The van der Waals surface area contributed by atoms with Gasteiger partial charge in [-0.15, -0.1) is 11.3 Å². The Labute approximate surface area is 142 Å². The van der Waals surface area contributed by atoms with Crippen LogP contribution in [-0.4, -0.2) is 31.2 Å². The molecule has 2 heterocycles. The Kier molecular flexibility index (Phi) is 3.61. The number of carbonyl (C=O) groups excluding carboxylic acids is 2. The Morgan fingerprint density at radius 2 is 2.04 bits per heavy atom. The molecule has 0 bridgehead atoms. The van der Waals surface area contributed by atoms with E-state index in [1.165, 1.54) is 21.7 Å². The van der Waals surface area contributed by atoms with Crippen LogP contribution in [-0.2, 0) is 9.53 Å². The van der Waals surface area contributed by atoms with Crippen molar-refractivity contribution in [1.82, 2.24) is 5.32 Å². The molecule has 24 heavy (non-hydrogen) atoms. The molecule has 2 amide bonds. The van der Waals surface area contributed by atoms with Crippen LogP contribution in [0.2, 0.25) is 0 Å². The van der Waals surface area contributed by atoms with Gasteiger partial charge in [-0.25, -0.2) is 4.79 Å². The quantitative estimate of drug-likeness (QED) is 0.794. The second-order valence-electron chi connectivity index (χ2n) is 5.83. The van der Waals surface area contributed by atoms with Crippen molar-refractivity contribution in [2.24, 2.45) is 0 Å². The van der Waals surface area contributed by atoms with Crippen molar-refractivity contribution in [3.05, 3.63) is 42.5 Å². The molecule has 122 valence electrons. The van der Waals surface area contributed by atoms with Gasteiger partial charge in [0, 0.05) is 32.8 Å². The molecule has 6 heteroatoms. The van der Waals surface area contributed by atoms with E-state index in [0.717, 1.165) is 11.1 Å². The van der Waals surface area contributed by atoms with Gasteiger partial charge in [0.1, 0.15) is 6.10 Å². The number of fused-ring (bicyclic) bond motifs is 3. The highest BCUT2D eigenvalue weighted by molar-refractivity contribution is 7.25. The molecule has 0 saturated carbocycles. The Morgan fingerprint density at radius 3 is 2.88 bits per heavy atom. The van der Waals surface area contributed by atoms with Gasteiger partial charge in [-0.1, -0.05) is 18.2 Å². The van der Waals surface area contributed by atoms with E-state index in [2.05, 4.69) is 17.4 Å². The molecular formula is C18H16N2O3S. The lowest BCUT2D eigenvalue weighted by atomic mass is 10.1. The molecule has 5 nitrogen and oxygen atoms in total. The molecule has 1 N–H and O–H groups in total. The molecule has 4 rings (SSSR count). The predicted molar refractivity (Wildman–Crippen MR) is 95.6 cm³/mol. The Balaban J connectivity index is 1.65. The van der Waals surface area contributed by atoms with Crippen LogP contribution in [0.4, 0.5) is 10.5 Å². The SMILES string of the molecule is CC(=O)NC[C@H]1CN(c2ccc3sc4ccccc4c3c2)C(=O)O1. The average Bonchev–Trinajstić information content (AvgIpc) is 3.12. The molecule has 0 spiro atoms. The summed E-state index contributed by atoms with van der Waals surface area (Å²) in [5.74, 6) is -0.129. The van der Waals surface area contributed by atoms with Crippen molar-refractivity contribution in [3.8, 4) is 0 Å². The zero-order valence-corrected chi connectivity index (χ0v) is 13.9. The molecule has 1 saturated heterocycles. The molecular weight excluding hydrogens is 324 g/mol. The Hall–Kier alpha value is -2.60. The zero-order valence-electron chi connectivity index (χ0n) is 13.1. The van der Waals surface area contributed by atoms with E-state index in [1.807, 2.05) is 30.3 Å². The minimum atomic E-state index is -0.371. The normalized spacial score (nSPS) is 17.5. The first-order chi connectivity index (χ1) is 11.6. The summed E-state index contributed by atoms with van der Waals surface area (Å²) in [6.07, 6.45) is -0.694. The lowest BCUT2D eigenvalue weighted by Crippen LogP contribution is -2.33. The van der Waals surface area contributed by atoms with Crippen molar-refractivity contribution in [2.75, 3.05) is 18.0 Å². The monoisotopic (exact) mass is 340 g/mol. The molecule has 1 atom stereocenters. The number of thiophene rings is 1. The summed E-state index contributed by atoms with van der Waals surface area (Å²) in [5, 5.41) is 5.03. The van der Waals surface area contributed by atoms with E-state index in [9.17, 15) is 9.59 Å². The number of hydrogen-bond donors (Lipinski definition) is 1. The summed E-state index contributed by atoms with van der Waals surface area (Å²) in [6, 6.07) is 14.3. The fraction of sp³-hybridized carbons (Fsp3) is 0.222. The third kappa shape index (κ3) is 2.59. The molecule has 3 aromatic rings. The van der Waals surface area contributed by atoms with Crippen LogP contribution in [0.3, 0.4) is 0 Å². The van der Waals surface area contributed by atoms with Crippen molar-refractivity contribution >= 4 is 49.2 Å². The van der Waals surface area contributed by atoms with Crippen LogP contribution in [0.5, 0.6) is 0 Å². The molecule has 1 fully saturated rings. The topological polar surface area (TPSA) is 58.6 Å². The van der Waals surface area contributed by atoms with Gasteiger partial charge in [0.15, 0.2) is 0 Å². The Morgan fingerprint density at radius 1 is 1.25 bits per heavy atom. The lowest BCUT2D eigenvalue weighted by Gasteiger charge is -2.13. The van der Waals surface area contributed by atoms with Gasteiger partial charge in [-0.3, -0.25) is 9.69 Å². The first-order valence-electron chi connectivity index (χ1n) is 7.76. The Bertz CT molecular complexity index is 950. The molecule has 1 aliphatic rings. The predicted octanol–water partition coefficient (Wildman–Crippen LogP) is 3.52. The fourth-order valence-corrected chi connectivity index (χ4v) is 4.06. The van der Waals surface area contributed by atoms with E-state index in [1.54, 1.807) is 16.2 Å². The van der Waals surface area contributed by atoms with Crippen molar-refractivity contribution < 1.29 is 14.3 Å². The summed E-state index contributed by atoms with van der Waals surface area (Å²) >= 11 is 1.74. The zero-order chi connectivity index (χ0) is 16.7. The van der Waals surface area contributed by atoms with Gasteiger partial charge >= 0.3 is 6.09 Å². The standard InChI is InChI=1S/C18H16N2O3S/c1-11(21)19-9-13-10-20(18(22)23-13)12-6-7-17-15(8-12)14-4-2-3-5-16(14)24-17/h2-8,13H,9-10H2,1H3,(H,19,21)/t13-/m0/s1. The molecule has 0 aliphatic carbocycles. The van der Waals surface area contributed by atoms with E-state index >= 15 is 0 Å². The maximum Gasteiger partial charge on any atom is 0.414 e. The van der Waals surface area contributed by atoms with Gasteiger partial charge < -0.3 is 10.1 Å².